The molecule has 5 aromatic rings. The van der Waals surface area contributed by atoms with Crippen molar-refractivity contribution in [3.05, 3.63) is 136 Å². The van der Waals surface area contributed by atoms with Crippen molar-refractivity contribution in [2.24, 2.45) is 0 Å². The number of carbonyl (C=O) groups excluding carboxylic acids is 3. The van der Waals surface area contributed by atoms with Gasteiger partial charge in [-0.3, -0.25) is 14.5 Å². The van der Waals surface area contributed by atoms with Crippen LogP contribution in [0.3, 0.4) is 0 Å². The minimum absolute atomic E-state index is 0.268. The van der Waals surface area contributed by atoms with Gasteiger partial charge >= 0.3 is 6.03 Å². The fourth-order valence-corrected chi connectivity index (χ4v) is 6.37. The number of aromatic nitrogens is 1. The smallest absolute Gasteiger partial charge is 0.332 e. The van der Waals surface area contributed by atoms with E-state index in [0.29, 0.717) is 30.6 Å². The van der Waals surface area contributed by atoms with Gasteiger partial charge in [0.1, 0.15) is 17.9 Å². The maximum absolute atomic E-state index is 14.1. The molecule has 0 spiro atoms. The van der Waals surface area contributed by atoms with Crippen LogP contribution in [0.1, 0.15) is 44.3 Å². The molecular formula is C35H29FN4O3. The minimum atomic E-state index is -0.654. The first-order valence-electron chi connectivity index (χ1n) is 14.3. The van der Waals surface area contributed by atoms with Crippen LogP contribution in [0.4, 0.5) is 14.9 Å². The van der Waals surface area contributed by atoms with Crippen molar-refractivity contribution in [3.8, 4) is 0 Å². The summed E-state index contributed by atoms with van der Waals surface area (Å²) in [6.07, 6.45) is 0.981. The highest BCUT2D eigenvalue weighted by Crippen LogP contribution is 2.45. The standard InChI is InChI=1S/C35H29FN4O3/c1-21-6-2-3-7-26(21)32-31-28(27-8-4-5-9-29(27)38-31)20-30-34(42)39(35(43)40(30)32)25-16-12-23(13-17-25)33(41)37-19-18-22-10-14-24(36)15-11-22/h2-17,30,32,38H,18-20H2,1H3,(H,37,41). The number of amides is 4. The molecule has 2 unspecified atom stereocenters. The third kappa shape index (κ3) is 4.55. The number of hydrogen-bond donors (Lipinski definition) is 2. The fraction of sp³-hybridized carbons (Fsp3) is 0.171. The molecule has 2 aliphatic rings. The van der Waals surface area contributed by atoms with Gasteiger partial charge in [0.25, 0.3) is 11.8 Å². The number of aryl methyl sites for hydroxylation is 1. The summed E-state index contributed by atoms with van der Waals surface area (Å²) in [5.41, 5.74) is 6.73. The molecule has 214 valence electrons. The van der Waals surface area contributed by atoms with Gasteiger partial charge in [-0.1, -0.05) is 54.6 Å². The number of nitrogens with zero attached hydrogens (tertiary/aromatic N) is 2. The highest BCUT2D eigenvalue weighted by atomic mass is 19.1. The zero-order valence-electron chi connectivity index (χ0n) is 23.5. The van der Waals surface area contributed by atoms with E-state index in [2.05, 4.69) is 16.4 Å². The summed E-state index contributed by atoms with van der Waals surface area (Å²) in [7, 11) is 0. The van der Waals surface area contributed by atoms with Crippen molar-refractivity contribution in [1.29, 1.82) is 0 Å². The molecule has 7 rings (SSSR count). The lowest BCUT2D eigenvalue weighted by molar-refractivity contribution is -0.120. The second-order valence-electron chi connectivity index (χ2n) is 11.1. The Morgan fingerprint density at radius 1 is 0.930 bits per heavy atom. The Bertz CT molecular complexity index is 1880. The number of hydrogen-bond acceptors (Lipinski definition) is 3. The lowest BCUT2D eigenvalue weighted by Gasteiger charge is -2.36. The third-order valence-corrected chi connectivity index (χ3v) is 8.53. The molecule has 1 saturated heterocycles. The van der Waals surface area contributed by atoms with Crippen LogP contribution in [0.2, 0.25) is 0 Å². The van der Waals surface area contributed by atoms with Crippen LogP contribution in [-0.2, 0) is 17.6 Å². The summed E-state index contributed by atoms with van der Waals surface area (Å²) in [5.74, 6) is -0.849. The number of aromatic amines is 1. The largest absolute Gasteiger partial charge is 0.356 e. The number of urea groups is 1. The first-order valence-corrected chi connectivity index (χ1v) is 14.3. The number of benzene rings is 4. The molecule has 2 N–H and O–H groups in total. The van der Waals surface area contributed by atoms with Gasteiger partial charge < -0.3 is 10.3 Å². The number of carbonyl (C=O) groups is 3. The summed E-state index contributed by atoms with van der Waals surface area (Å²) in [4.78, 5) is 47.3. The lowest BCUT2D eigenvalue weighted by Crippen LogP contribution is -2.44. The SMILES string of the molecule is Cc1ccccc1C1c2[nH]c3ccccc3c2CC2C(=O)N(c3ccc(C(=O)NCCc4ccc(F)cc4)cc3)C(=O)N21. The average molecular weight is 573 g/mol. The molecule has 1 aromatic heterocycles. The Labute approximate surface area is 247 Å². The van der Waals surface area contributed by atoms with Crippen molar-refractivity contribution in [1.82, 2.24) is 15.2 Å². The van der Waals surface area contributed by atoms with Gasteiger partial charge in [-0.15, -0.1) is 0 Å². The van der Waals surface area contributed by atoms with Gasteiger partial charge in [-0.05, 0) is 78.1 Å². The summed E-state index contributed by atoms with van der Waals surface area (Å²) in [6.45, 7) is 2.41. The van der Waals surface area contributed by atoms with Gasteiger partial charge in [-0.25, -0.2) is 14.1 Å². The predicted molar refractivity (Wildman–Crippen MR) is 162 cm³/mol. The highest BCUT2D eigenvalue weighted by Gasteiger charge is 2.53. The number of H-pyrrole nitrogens is 1. The zero-order valence-corrected chi connectivity index (χ0v) is 23.5. The quantitative estimate of drug-likeness (QED) is 0.242. The molecule has 43 heavy (non-hydrogen) atoms. The van der Waals surface area contributed by atoms with E-state index < -0.39 is 12.1 Å². The lowest BCUT2D eigenvalue weighted by atomic mass is 9.87. The highest BCUT2D eigenvalue weighted by molar-refractivity contribution is 6.22. The molecule has 4 aromatic carbocycles. The van der Waals surface area contributed by atoms with Crippen molar-refractivity contribution in [2.45, 2.75) is 31.8 Å². The van der Waals surface area contributed by atoms with Crippen molar-refractivity contribution >= 4 is 34.4 Å². The number of anilines is 1. The van der Waals surface area contributed by atoms with E-state index in [-0.39, 0.29) is 23.7 Å². The molecule has 0 aliphatic carbocycles. The summed E-state index contributed by atoms with van der Waals surface area (Å²) in [6, 6.07) is 27.2. The topological polar surface area (TPSA) is 85.5 Å². The number of fused-ring (bicyclic) bond motifs is 4. The third-order valence-electron chi connectivity index (χ3n) is 8.53. The molecule has 3 heterocycles. The molecule has 1 fully saturated rings. The number of nitrogens with one attached hydrogen (secondary N) is 2. The van der Waals surface area contributed by atoms with E-state index in [4.69, 9.17) is 0 Å². The van der Waals surface area contributed by atoms with Gasteiger partial charge in [0.2, 0.25) is 0 Å². The minimum Gasteiger partial charge on any atom is -0.356 e. The zero-order chi connectivity index (χ0) is 29.7. The predicted octanol–water partition coefficient (Wildman–Crippen LogP) is 6.07. The van der Waals surface area contributed by atoms with E-state index in [1.165, 1.54) is 17.0 Å². The Balaban J connectivity index is 1.15. The van der Waals surface area contributed by atoms with Crippen LogP contribution in [0.25, 0.3) is 10.9 Å². The Morgan fingerprint density at radius 2 is 1.65 bits per heavy atom. The van der Waals surface area contributed by atoms with Gasteiger partial charge in [0, 0.05) is 35.1 Å². The molecule has 2 aliphatic heterocycles. The maximum Gasteiger partial charge on any atom is 0.332 e. The summed E-state index contributed by atoms with van der Waals surface area (Å²) >= 11 is 0. The van der Waals surface area contributed by atoms with E-state index in [0.717, 1.165) is 38.9 Å². The normalized spacial score (nSPS) is 17.7. The van der Waals surface area contributed by atoms with Crippen molar-refractivity contribution in [2.75, 3.05) is 11.4 Å². The Morgan fingerprint density at radius 3 is 2.42 bits per heavy atom. The van der Waals surface area contributed by atoms with Crippen molar-refractivity contribution < 1.29 is 18.8 Å². The number of para-hydroxylation sites is 1. The molecule has 8 heteroatoms. The summed E-state index contributed by atoms with van der Waals surface area (Å²) < 4.78 is 13.1. The molecule has 7 nitrogen and oxygen atoms in total. The van der Waals surface area contributed by atoms with E-state index >= 15 is 0 Å². The molecule has 0 saturated carbocycles. The van der Waals surface area contributed by atoms with Crippen LogP contribution in [-0.4, -0.2) is 40.3 Å². The first-order chi connectivity index (χ1) is 20.9. The van der Waals surface area contributed by atoms with E-state index in [1.54, 1.807) is 41.3 Å². The second kappa shape index (κ2) is 10.5. The number of halogens is 1. The average Bonchev–Trinajstić information content (AvgIpc) is 3.51. The fourth-order valence-electron chi connectivity index (χ4n) is 6.37. The van der Waals surface area contributed by atoms with Crippen LogP contribution >= 0.6 is 0 Å². The van der Waals surface area contributed by atoms with E-state index in [9.17, 15) is 18.8 Å². The molecule has 0 radical (unpaired) electrons. The monoisotopic (exact) mass is 572 g/mol. The second-order valence-corrected chi connectivity index (χ2v) is 11.1. The molecular weight excluding hydrogens is 543 g/mol. The Kier molecular flexibility index (Phi) is 6.54. The maximum atomic E-state index is 14.1. The van der Waals surface area contributed by atoms with Gasteiger partial charge in [0.05, 0.1) is 5.69 Å². The van der Waals surface area contributed by atoms with Gasteiger partial charge in [0.15, 0.2) is 0 Å². The molecule has 4 amide bonds. The van der Waals surface area contributed by atoms with Crippen LogP contribution in [0, 0.1) is 12.7 Å². The summed E-state index contributed by atoms with van der Waals surface area (Å²) in [5, 5.41) is 3.93. The number of rotatable bonds is 6. The first kappa shape index (κ1) is 26.6. The molecule has 0 bridgehead atoms. The Hall–Kier alpha value is -5.24. The number of imide groups is 1. The van der Waals surface area contributed by atoms with Crippen LogP contribution in [0.15, 0.2) is 97.1 Å². The van der Waals surface area contributed by atoms with Gasteiger partial charge in [-0.2, -0.15) is 0 Å². The molecule has 2 atom stereocenters. The van der Waals surface area contributed by atoms with Crippen molar-refractivity contribution in [3.63, 3.8) is 0 Å². The van der Waals surface area contributed by atoms with Crippen LogP contribution < -0.4 is 10.2 Å². The van der Waals surface area contributed by atoms with Crippen LogP contribution in [0.5, 0.6) is 0 Å². The van der Waals surface area contributed by atoms with E-state index in [1.807, 2.05) is 49.4 Å².